The third kappa shape index (κ3) is 3.04. The highest BCUT2D eigenvalue weighted by atomic mass is 35.5. The van der Waals surface area contributed by atoms with Crippen molar-refractivity contribution in [2.75, 3.05) is 0 Å². The number of hydrogen-bond donors (Lipinski definition) is 0. The highest BCUT2D eigenvalue weighted by Gasteiger charge is 2.15. The van der Waals surface area contributed by atoms with Crippen molar-refractivity contribution in [3.05, 3.63) is 70.6 Å². The number of para-hydroxylation sites is 1. The summed E-state index contributed by atoms with van der Waals surface area (Å²) in [5.41, 5.74) is 3.93. The molecule has 0 fully saturated rings. The van der Waals surface area contributed by atoms with E-state index in [0.717, 1.165) is 27.6 Å². The molecule has 2 heterocycles. The van der Waals surface area contributed by atoms with Gasteiger partial charge >= 0.3 is 5.97 Å². The number of hydrogen-bond acceptors (Lipinski definition) is 4. The van der Waals surface area contributed by atoms with Crippen molar-refractivity contribution in [3.63, 3.8) is 0 Å². The van der Waals surface area contributed by atoms with Crippen LogP contribution in [0.15, 0.2) is 53.1 Å². The van der Waals surface area contributed by atoms with Crippen LogP contribution in [0.5, 0.6) is 5.75 Å². The standard InChI is InChI=1S/C21H16ClNO3/c1-12-8-19-16(10-17(12)22)15(11-25-19)9-20(24)26-18-5-3-4-14-7-6-13(2)23-21(14)18/h3-8,10-11H,9H2,1-2H3. The van der Waals surface area contributed by atoms with Crippen LogP contribution >= 0.6 is 11.6 Å². The van der Waals surface area contributed by atoms with Crippen LogP contribution < -0.4 is 4.74 Å². The molecule has 130 valence electrons. The molecule has 4 rings (SSSR count). The van der Waals surface area contributed by atoms with E-state index >= 15 is 0 Å². The van der Waals surface area contributed by atoms with E-state index in [1.165, 1.54) is 0 Å². The summed E-state index contributed by atoms with van der Waals surface area (Å²) >= 11 is 6.20. The summed E-state index contributed by atoms with van der Waals surface area (Å²) in [5.74, 6) is 0.0816. The Morgan fingerprint density at radius 1 is 1.19 bits per heavy atom. The van der Waals surface area contributed by atoms with Gasteiger partial charge in [0, 0.05) is 27.1 Å². The molecule has 0 atom stereocenters. The lowest BCUT2D eigenvalue weighted by Crippen LogP contribution is -2.11. The molecule has 0 amide bonds. The van der Waals surface area contributed by atoms with Crippen molar-refractivity contribution in [1.29, 1.82) is 0 Å². The Hall–Kier alpha value is -2.85. The zero-order valence-electron chi connectivity index (χ0n) is 14.4. The van der Waals surface area contributed by atoms with Gasteiger partial charge in [0.25, 0.3) is 0 Å². The minimum Gasteiger partial charge on any atom is -0.464 e. The van der Waals surface area contributed by atoms with E-state index in [2.05, 4.69) is 4.98 Å². The Morgan fingerprint density at radius 3 is 2.88 bits per heavy atom. The van der Waals surface area contributed by atoms with E-state index < -0.39 is 0 Å². The molecule has 5 heteroatoms. The van der Waals surface area contributed by atoms with Crippen molar-refractivity contribution in [2.45, 2.75) is 20.3 Å². The number of nitrogens with zero attached hydrogens (tertiary/aromatic N) is 1. The molecule has 0 saturated carbocycles. The van der Waals surface area contributed by atoms with Crippen molar-refractivity contribution in [2.24, 2.45) is 0 Å². The fraction of sp³-hybridized carbons (Fsp3) is 0.143. The summed E-state index contributed by atoms with van der Waals surface area (Å²) in [7, 11) is 0. The number of esters is 1. The molecule has 2 aromatic carbocycles. The maximum Gasteiger partial charge on any atom is 0.315 e. The van der Waals surface area contributed by atoms with Crippen LogP contribution in [0.4, 0.5) is 0 Å². The highest BCUT2D eigenvalue weighted by Crippen LogP contribution is 2.29. The zero-order chi connectivity index (χ0) is 18.3. The van der Waals surface area contributed by atoms with Gasteiger partial charge in [0.15, 0.2) is 5.75 Å². The summed E-state index contributed by atoms with van der Waals surface area (Å²) in [6.45, 7) is 3.81. The monoisotopic (exact) mass is 365 g/mol. The van der Waals surface area contributed by atoms with Gasteiger partial charge in [0.1, 0.15) is 11.1 Å². The van der Waals surface area contributed by atoms with E-state index in [9.17, 15) is 4.79 Å². The van der Waals surface area contributed by atoms with Crippen LogP contribution in [0.2, 0.25) is 5.02 Å². The highest BCUT2D eigenvalue weighted by molar-refractivity contribution is 6.32. The fourth-order valence-corrected chi connectivity index (χ4v) is 3.12. The molecule has 0 bridgehead atoms. The quantitative estimate of drug-likeness (QED) is 0.360. The normalized spacial score (nSPS) is 11.2. The summed E-state index contributed by atoms with van der Waals surface area (Å²) in [6, 6.07) is 13.1. The number of aryl methyl sites for hydroxylation is 2. The molecule has 26 heavy (non-hydrogen) atoms. The molecule has 0 N–H and O–H groups in total. The van der Waals surface area contributed by atoms with Crippen molar-refractivity contribution >= 4 is 39.4 Å². The fourth-order valence-electron chi connectivity index (χ4n) is 2.95. The summed E-state index contributed by atoms with van der Waals surface area (Å²) in [6.07, 6.45) is 1.67. The van der Waals surface area contributed by atoms with Gasteiger partial charge in [-0.25, -0.2) is 4.98 Å². The second-order valence-electron chi connectivity index (χ2n) is 6.29. The molecule has 0 unspecified atom stereocenters. The van der Waals surface area contributed by atoms with Crippen LogP contribution in [0.1, 0.15) is 16.8 Å². The van der Waals surface area contributed by atoms with Gasteiger partial charge in [-0.15, -0.1) is 0 Å². The van der Waals surface area contributed by atoms with Gasteiger partial charge in [0.2, 0.25) is 0 Å². The summed E-state index contributed by atoms with van der Waals surface area (Å²) in [5, 5.41) is 2.39. The van der Waals surface area contributed by atoms with E-state index in [1.807, 2.05) is 50.2 Å². The smallest absolute Gasteiger partial charge is 0.315 e. The third-order valence-corrected chi connectivity index (χ3v) is 4.72. The molecule has 0 saturated heterocycles. The molecule has 4 aromatic rings. The average molecular weight is 366 g/mol. The minimum absolute atomic E-state index is 0.0919. The van der Waals surface area contributed by atoms with Crippen LogP contribution in [0.3, 0.4) is 0 Å². The van der Waals surface area contributed by atoms with Crippen molar-refractivity contribution in [3.8, 4) is 5.75 Å². The first kappa shape index (κ1) is 16.6. The first-order valence-corrected chi connectivity index (χ1v) is 8.62. The lowest BCUT2D eigenvalue weighted by molar-refractivity contribution is -0.133. The number of benzene rings is 2. The first-order chi connectivity index (χ1) is 12.5. The molecule has 0 radical (unpaired) electrons. The number of furan rings is 1. The average Bonchev–Trinajstić information content (AvgIpc) is 2.97. The molecular formula is C21H16ClNO3. The van der Waals surface area contributed by atoms with Gasteiger partial charge < -0.3 is 9.15 Å². The van der Waals surface area contributed by atoms with Gasteiger partial charge in [-0.3, -0.25) is 4.79 Å². The second kappa shape index (κ2) is 6.46. The predicted molar refractivity (Wildman–Crippen MR) is 102 cm³/mol. The van der Waals surface area contributed by atoms with E-state index in [4.69, 9.17) is 20.8 Å². The van der Waals surface area contributed by atoms with Gasteiger partial charge in [0.05, 0.1) is 12.7 Å². The molecule has 4 nitrogen and oxygen atoms in total. The maximum absolute atomic E-state index is 12.5. The number of pyridine rings is 1. The Kier molecular flexibility index (Phi) is 4.13. The van der Waals surface area contributed by atoms with Gasteiger partial charge in [-0.1, -0.05) is 29.8 Å². The molecular weight excluding hydrogens is 350 g/mol. The Balaban J connectivity index is 1.62. The zero-order valence-corrected chi connectivity index (χ0v) is 15.1. The van der Waals surface area contributed by atoms with Crippen molar-refractivity contribution < 1.29 is 13.9 Å². The molecule has 0 aliphatic heterocycles. The van der Waals surface area contributed by atoms with Crippen LogP contribution in [-0.4, -0.2) is 11.0 Å². The molecule has 0 spiro atoms. The van der Waals surface area contributed by atoms with Gasteiger partial charge in [-0.05, 0) is 43.7 Å². The number of carbonyl (C=O) groups excluding carboxylic acids is 1. The SMILES string of the molecule is Cc1ccc2cccc(OC(=O)Cc3coc4cc(C)c(Cl)cc34)c2n1. The third-order valence-electron chi connectivity index (χ3n) is 4.32. The number of ether oxygens (including phenoxy) is 1. The Morgan fingerprint density at radius 2 is 2.04 bits per heavy atom. The van der Waals surface area contributed by atoms with Crippen molar-refractivity contribution in [1.82, 2.24) is 4.98 Å². The van der Waals surface area contributed by atoms with Gasteiger partial charge in [-0.2, -0.15) is 0 Å². The molecule has 0 aliphatic carbocycles. The number of fused-ring (bicyclic) bond motifs is 2. The van der Waals surface area contributed by atoms with E-state index in [-0.39, 0.29) is 12.4 Å². The van der Waals surface area contributed by atoms with Crippen LogP contribution in [-0.2, 0) is 11.2 Å². The lowest BCUT2D eigenvalue weighted by atomic mass is 10.1. The molecule has 0 aliphatic rings. The first-order valence-electron chi connectivity index (χ1n) is 8.24. The van der Waals surface area contributed by atoms with E-state index in [0.29, 0.717) is 21.9 Å². The summed E-state index contributed by atoms with van der Waals surface area (Å²) in [4.78, 5) is 17.0. The summed E-state index contributed by atoms with van der Waals surface area (Å²) < 4.78 is 11.1. The number of rotatable bonds is 3. The Labute approximate surface area is 155 Å². The van der Waals surface area contributed by atoms with Crippen LogP contribution in [0.25, 0.3) is 21.9 Å². The van der Waals surface area contributed by atoms with Crippen LogP contribution in [0, 0.1) is 13.8 Å². The van der Waals surface area contributed by atoms with E-state index in [1.54, 1.807) is 12.3 Å². The molecule has 2 aromatic heterocycles. The maximum atomic E-state index is 12.5. The second-order valence-corrected chi connectivity index (χ2v) is 6.70. The number of aromatic nitrogens is 1. The number of carbonyl (C=O) groups is 1. The topological polar surface area (TPSA) is 52.3 Å². The predicted octanol–water partition coefficient (Wildman–Crippen LogP) is 5.40. The lowest BCUT2D eigenvalue weighted by Gasteiger charge is -2.07. The number of halogens is 1. The minimum atomic E-state index is -0.375. The largest absolute Gasteiger partial charge is 0.464 e. The Bertz CT molecular complexity index is 1150.